The maximum Gasteiger partial charge on any atom is 0.344 e. The van der Waals surface area contributed by atoms with Gasteiger partial charge in [-0.2, -0.15) is 5.26 Å². The lowest BCUT2D eigenvalue weighted by molar-refractivity contribution is -0.145. The number of hydrogen-bond donors (Lipinski definition) is 1. The largest absolute Gasteiger partial charge is 0.482 e. The number of nitrogens with zero attached hydrogens (tertiary/aromatic N) is 1. The highest BCUT2D eigenvalue weighted by atomic mass is 79.9. The molecule has 0 aliphatic carbocycles. The Morgan fingerprint density at radius 3 is 2.59 bits per heavy atom. The molecule has 7 heteroatoms. The van der Waals surface area contributed by atoms with Crippen LogP contribution < -0.4 is 10.1 Å². The minimum Gasteiger partial charge on any atom is -0.482 e. The lowest BCUT2D eigenvalue weighted by Gasteiger charge is -2.06. The number of nitriles is 1. The van der Waals surface area contributed by atoms with Gasteiger partial charge in [-0.25, -0.2) is 4.79 Å². The molecule has 0 saturated heterocycles. The number of ether oxygens (including phenoxy) is 2. The van der Waals surface area contributed by atoms with Crippen LogP contribution in [0.3, 0.4) is 0 Å². The topological polar surface area (TPSA) is 88.4 Å². The fourth-order valence-electron chi connectivity index (χ4n) is 2.09. The highest BCUT2D eigenvalue weighted by Crippen LogP contribution is 2.18. The summed E-state index contributed by atoms with van der Waals surface area (Å²) in [4.78, 5) is 23.5. The zero-order chi connectivity index (χ0) is 19.6. The van der Waals surface area contributed by atoms with Crippen molar-refractivity contribution < 1.29 is 19.1 Å². The Morgan fingerprint density at radius 1 is 1.22 bits per heavy atom. The first-order valence-electron chi connectivity index (χ1n) is 8.09. The highest BCUT2D eigenvalue weighted by Gasteiger charge is 2.10. The van der Waals surface area contributed by atoms with Crippen LogP contribution in [0.25, 0.3) is 6.08 Å². The van der Waals surface area contributed by atoms with Gasteiger partial charge in [0, 0.05) is 10.2 Å². The van der Waals surface area contributed by atoms with Crippen molar-refractivity contribution in [3.8, 4) is 11.8 Å². The number of nitrogens with one attached hydrogen (secondary N) is 1. The van der Waals surface area contributed by atoms with E-state index in [4.69, 9.17) is 9.47 Å². The van der Waals surface area contributed by atoms with Crippen molar-refractivity contribution in [3.63, 3.8) is 0 Å². The second-order valence-corrected chi connectivity index (χ2v) is 6.21. The quantitative estimate of drug-likeness (QED) is 0.409. The van der Waals surface area contributed by atoms with Gasteiger partial charge in [0.2, 0.25) is 0 Å². The van der Waals surface area contributed by atoms with Crippen molar-refractivity contribution >= 4 is 39.6 Å². The molecule has 0 saturated carbocycles. The van der Waals surface area contributed by atoms with E-state index >= 15 is 0 Å². The van der Waals surface area contributed by atoms with Gasteiger partial charge in [-0.05, 0) is 48.9 Å². The van der Waals surface area contributed by atoms with E-state index < -0.39 is 11.9 Å². The fraction of sp³-hybridized carbons (Fsp3) is 0.150. The lowest BCUT2D eigenvalue weighted by atomic mass is 10.1. The van der Waals surface area contributed by atoms with Gasteiger partial charge >= 0.3 is 5.97 Å². The molecule has 27 heavy (non-hydrogen) atoms. The molecule has 0 spiro atoms. The fourth-order valence-corrected chi connectivity index (χ4v) is 2.48. The van der Waals surface area contributed by atoms with Gasteiger partial charge in [0.1, 0.15) is 17.4 Å². The smallest absolute Gasteiger partial charge is 0.344 e. The molecule has 0 unspecified atom stereocenters. The Kier molecular flexibility index (Phi) is 7.59. The van der Waals surface area contributed by atoms with E-state index in [0.717, 1.165) is 4.47 Å². The Bertz CT molecular complexity index is 886. The number of carbonyl (C=O) groups is 2. The molecule has 0 bridgehead atoms. The molecule has 0 aromatic heterocycles. The van der Waals surface area contributed by atoms with Gasteiger partial charge in [-0.15, -0.1) is 0 Å². The molecule has 1 amide bonds. The van der Waals surface area contributed by atoms with Crippen molar-refractivity contribution in [3.05, 3.63) is 64.1 Å². The summed E-state index contributed by atoms with van der Waals surface area (Å²) in [7, 11) is 0. The van der Waals surface area contributed by atoms with Crippen LogP contribution in [0, 0.1) is 11.3 Å². The van der Waals surface area contributed by atoms with Gasteiger partial charge in [0.05, 0.1) is 6.61 Å². The second-order valence-electron chi connectivity index (χ2n) is 5.30. The van der Waals surface area contributed by atoms with Gasteiger partial charge < -0.3 is 14.8 Å². The number of carbonyl (C=O) groups excluding carboxylic acids is 2. The van der Waals surface area contributed by atoms with Crippen LogP contribution in [0.4, 0.5) is 5.69 Å². The maximum atomic E-state index is 12.3. The highest BCUT2D eigenvalue weighted by molar-refractivity contribution is 9.10. The number of hydrogen-bond acceptors (Lipinski definition) is 5. The van der Waals surface area contributed by atoms with Crippen LogP contribution in [0.2, 0.25) is 0 Å². The number of esters is 1. The van der Waals surface area contributed by atoms with E-state index in [2.05, 4.69) is 21.2 Å². The molecule has 138 valence electrons. The molecular formula is C20H17BrN2O4. The third-order valence-corrected chi connectivity index (χ3v) is 3.79. The van der Waals surface area contributed by atoms with Gasteiger partial charge in [-0.1, -0.05) is 34.1 Å². The second kappa shape index (κ2) is 10.1. The molecule has 0 aliphatic rings. The van der Waals surface area contributed by atoms with Crippen LogP contribution in [0.5, 0.6) is 5.75 Å². The Labute approximate surface area is 165 Å². The van der Waals surface area contributed by atoms with E-state index in [1.165, 1.54) is 6.08 Å². The number of amides is 1. The van der Waals surface area contributed by atoms with Crippen LogP contribution in [0.1, 0.15) is 12.5 Å². The summed E-state index contributed by atoms with van der Waals surface area (Å²) in [5.41, 5.74) is 1.20. The molecule has 0 heterocycles. The Morgan fingerprint density at radius 2 is 1.96 bits per heavy atom. The summed E-state index contributed by atoms with van der Waals surface area (Å²) in [6.45, 7) is 1.84. The summed E-state index contributed by atoms with van der Waals surface area (Å²) in [5, 5.41) is 12.0. The van der Waals surface area contributed by atoms with Gasteiger partial charge in [-0.3, -0.25) is 4.79 Å². The lowest BCUT2D eigenvalue weighted by Crippen LogP contribution is -2.14. The van der Waals surface area contributed by atoms with Crippen LogP contribution in [-0.4, -0.2) is 25.1 Å². The van der Waals surface area contributed by atoms with Crippen molar-refractivity contribution in [1.29, 1.82) is 5.26 Å². The molecule has 0 atom stereocenters. The van der Waals surface area contributed by atoms with E-state index in [0.29, 0.717) is 23.6 Å². The third kappa shape index (κ3) is 6.60. The zero-order valence-corrected chi connectivity index (χ0v) is 16.2. The Balaban J connectivity index is 2.03. The summed E-state index contributed by atoms with van der Waals surface area (Å²) >= 11 is 3.33. The molecule has 2 aromatic carbocycles. The van der Waals surface area contributed by atoms with Gasteiger partial charge in [0.15, 0.2) is 6.61 Å². The minimum absolute atomic E-state index is 0.0323. The number of anilines is 1. The molecular weight excluding hydrogens is 412 g/mol. The standard InChI is InChI=1S/C20H17BrN2O4/c1-2-26-19(24)13-27-18-8-6-14(7-9-18)10-15(12-22)20(25)23-17-5-3-4-16(21)11-17/h3-11H,2,13H2,1H3,(H,23,25). The SMILES string of the molecule is CCOC(=O)COc1ccc(C=C(C#N)C(=O)Nc2cccc(Br)c2)cc1. The zero-order valence-electron chi connectivity index (χ0n) is 14.6. The first-order valence-corrected chi connectivity index (χ1v) is 8.88. The van der Waals surface area contributed by atoms with Crippen molar-refractivity contribution in [2.45, 2.75) is 6.92 Å². The first-order chi connectivity index (χ1) is 13.0. The maximum absolute atomic E-state index is 12.3. The third-order valence-electron chi connectivity index (χ3n) is 3.30. The normalized spacial score (nSPS) is 10.6. The van der Waals surface area contributed by atoms with E-state index in [-0.39, 0.29) is 12.2 Å². The molecule has 2 aromatic rings. The van der Waals surface area contributed by atoms with Gasteiger partial charge in [0.25, 0.3) is 5.91 Å². The predicted octanol–water partition coefficient (Wildman–Crippen LogP) is 3.94. The molecule has 0 aliphatic heterocycles. The molecule has 2 rings (SSSR count). The van der Waals surface area contributed by atoms with E-state index in [1.54, 1.807) is 49.4 Å². The summed E-state index contributed by atoms with van der Waals surface area (Å²) in [6.07, 6.45) is 1.47. The van der Waals surface area contributed by atoms with Crippen LogP contribution in [0.15, 0.2) is 58.6 Å². The number of benzene rings is 2. The predicted molar refractivity (Wildman–Crippen MR) is 105 cm³/mol. The number of halogens is 1. The summed E-state index contributed by atoms with van der Waals surface area (Å²) in [5.74, 6) is -0.465. The van der Waals surface area contributed by atoms with Crippen molar-refractivity contribution in [2.24, 2.45) is 0 Å². The molecule has 0 fully saturated rings. The first kappa shape index (κ1) is 20.2. The Hall–Kier alpha value is -3.11. The average molecular weight is 429 g/mol. The van der Waals surface area contributed by atoms with E-state index in [1.807, 2.05) is 12.1 Å². The monoisotopic (exact) mass is 428 g/mol. The molecule has 6 nitrogen and oxygen atoms in total. The molecule has 1 N–H and O–H groups in total. The average Bonchev–Trinajstić information content (AvgIpc) is 2.65. The van der Waals surface area contributed by atoms with Crippen LogP contribution >= 0.6 is 15.9 Å². The minimum atomic E-state index is -0.502. The van der Waals surface area contributed by atoms with Crippen molar-refractivity contribution in [2.75, 3.05) is 18.5 Å². The van der Waals surface area contributed by atoms with E-state index in [9.17, 15) is 14.9 Å². The molecule has 0 radical (unpaired) electrons. The van der Waals surface area contributed by atoms with Crippen LogP contribution in [-0.2, 0) is 14.3 Å². The summed E-state index contributed by atoms with van der Waals surface area (Å²) in [6, 6.07) is 15.6. The summed E-state index contributed by atoms with van der Waals surface area (Å²) < 4.78 is 10.9. The van der Waals surface area contributed by atoms with Crippen molar-refractivity contribution in [1.82, 2.24) is 0 Å². The number of rotatable bonds is 7.